The highest BCUT2D eigenvalue weighted by Gasteiger charge is 2.51. The van der Waals surface area contributed by atoms with E-state index < -0.39 is 5.41 Å². The van der Waals surface area contributed by atoms with Crippen molar-refractivity contribution in [1.82, 2.24) is 15.0 Å². The molecule has 2 heterocycles. The fourth-order valence-corrected chi connectivity index (χ4v) is 7.75. The van der Waals surface area contributed by atoms with Gasteiger partial charge < -0.3 is 4.74 Å². The van der Waals surface area contributed by atoms with Crippen LogP contribution < -0.4 is 4.74 Å². The maximum Gasteiger partial charge on any atom is 0.164 e. The molecule has 7 aromatic rings. The quantitative estimate of drug-likeness (QED) is 0.167. The second-order valence-corrected chi connectivity index (χ2v) is 13.1. The number of nitrogens with zero attached hydrogens (tertiary/aromatic N) is 3. The Hall–Kier alpha value is -6.39. The summed E-state index contributed by atoms with van der Waals surface area (Å²) in [5.41, 5.74) is 11.0. The van der Waals surface area contributed by atoms with Crippen molar-refractivity contribution in [3.8, 4) is 45.4 Å². The van der Waals surface area contributed by atoms with E-state index in [1.165, 1.54) is 38.9 Å². The molecule has 1 aromatic heterocycles. The van der Waals surface area contributed by atoms with E-state index in [4.69, 9.17) is 19.7 Å². The lowest BCUT2D eigenvalue weighted by atomic mass is 9.66. The van der Waals surface area contributed by atoms with E-state index in [0.717, 1.165) is 28.2 Å². The van der Waals surface area contributed by atoms with Crippen molar-refractivity contribution < 1.29 is 4.74 Å². The maximum atomic E-state index is 6.53. The largest absolute Gasteiger partial charge is 0.457 e. The first-order chi connectivity index (χ1) is 25.1. The van der Waals surface area contributed by atoms with E-state index >= 15 is 0 Å². The molecule has 1 aliphatic carbocycles. The van der Waals surface area contributed by atoms with Crippen molar-refractivity contribution >= 4 is 5.57 Å². The van der Waals surface area contributed by atoms with E-state index in [-0.39, 0.29) is 5.92 Å². The Morgan fingerprint density at radius 1 is 0.569 bits per heavy atom. The highest BCUT2D eigenvalue weighted by atomic mass is 16.5. The molecule has 9 rings (SSSR count). The van der Waals surface area contributed by atoms with Gasteiger partial charge in [0.15, 0.2) is 17.5 Å². The van der Waals surface area contributed by atoms with Gasteiger partial charge >= 0.3 is 0 Å². The number of hydrogen-bond donors (Lipinski definition) is 0. The van der Waals surface area contributed by atoms with Crippen molar-refractivity contribution in [1.29, 1.82) is 0 Å². The Morgan fingerprint density at radius 3 is 1.71 bits per heavy atom. The molecule has 0 radical (unpaired) electrons. The van der Waals surface area contributed by atoms with Crippen LogP contribution in [0, 0.1) is 0 Å². The summed E-state index contributed by atoms with van der Waals surface area (Å²) in [6.45, 7) is 4.29. The third-order valence-corrected chi connectivity index (χ3v) is 10.2. The Balaban J connectivity index is 1.13. The number of benzene rings is 6. The lowest BCUT2D eigenvalue weighted by Gasteiger charge is -2.39. The molecule has 1 spiro atoms. The van der Waals surface area contributed by atoms with Crippen LogP contribution in [-0.2, 0) is 5.41 Å². The average molecular weight is 658 g/mol. The molecule has 0 fully saturated rings. The number of ether oxygens (including phenoxy) is 1. The fraction of sp³-hybridized carbons (Fsp3) is 0.0851. The van der Waals surface area contributed by atoms with Crippen LogP contribution in [-0.4, -0.2) is 15.0 Å². The Bertz CT molecular complexity index is 2380. The molecular formula is C47H35N3O. The van der Waals surface area contributed by atoms with E-state index in [1.54, 1.807) is 0 Å². The Labute approximate surface area is 298 Å². The van der Waals surface area contributed by atoms with Gasteiger partial charge in [-0.2, -0.15) is 0 Å². The summed E-state index contributed by atoms with van der Waals surface area (Å²) in [7, 11) is 0. The monoisotopic (exact) mass is 657 g/mol. The van der Waals surface area contributed by atoms with Crippen LogP contribution in [0.25, 0.3) is 39.5 Å². The molecule has 1 atom stereocenters. The molecule has 0 bridgehead atoms. The van der Waals surface area contributed by atoms with Gasteiger partial charge in [0.05, 0.1) is 5.41 Å². The number of fused-ring (bicyclic) bond motifs is 9. The van der Waals surface area contributed by atoms with Gasteiger partial charge in [-0.15, -0.1) is 0 Å². The zero-order valence-corrected chi connectivity index (χ0v) is 28.5. The van der Waals surface area contributed by atoms with Crippen molar-refractivity contribution in [3.05, 3.63) is 204 Å². The first-order valence-electron chi connectivity index (χ1n) is 17.5. The van der Waals surface area contributed by atoms with Crippen LogP contribution >= 0.6 is 0 Å². The van der Waals surface area contributed by atoms with E-state index in [2.05, 4.69) is 116 Å². The van der Waals surface area contributed by atoms with Gasteiger partial charge in [0.2, 0.25) is 0 Å². The smallest absolute Gasteiger partial charge is 0.164 e. The van der Waals surface area contributed by atoms with Crippen molar-refractivity contribution in [2.24, 2.45) is 0 Å². The van der Waals surface area contributed by atoms with Crippen LogP contribution in [0.3, 0.4) is 0 Å². The molecule has 0 N–H and O–H groups in total. The molecule has 2 aliphatic rings. The lowest BCUT2D eigenvalue weighted by molar-refractivity contribution is 0.436. The third-order valence-electron chi connectivity index (χ3n) is 10.2. The molecular weight excluding hydrogens is 623 g/mol. The number of rotatable bonds is 6. The molecule has 244 valence electrons. The molecule has 6 aromatic carbocycles. The summed E-state index contributed by atoms with van der Waals surface area (Å²) in [6.07, 6.45) is 6.48. The second-order valence-electron chi connectivity index (χ2n) is 13.1. The predicted molar refractivity (Wildman–Crippen MR) is 206 cm³/mol. The highest BCUT2D eigenvalue weighted by molar-refractivity contribution is 5.88. The maximum absolute atomic E-state index is 6.53. The van der Waals surface area contributed by atoms with E-state index in [1.807, 2.05) is 67.6 Å². The highest BCUT2D eigenvalue weighted by Crippen LogP contribution is 2.62. The second kappa shape index (κ2) is 12.5. The molecule has 0 saturated carbocycles. The van der Waals surface area contributed by atoms with E-state index in [0.29, 0.717) is 17.5 Å². The zero-order chi connectivity index (χ0) is 34.4. The number of para-hydroxylation sites is 2. The standard InChI is InChI=1S/C47H35N3O/c1-3-32(44-48-45(33-16-6-4-7-17-33)50-46(49-44)34-18-8-5-9-19-34)27-26-31(2)35-28-29-37-36-20-10-11-21-38(36)47(41(37)30-35)39-22-12-14-24-42(39)51-43-25-15-13-23-40(43)47/h3-31H,1-2H3/b27-26-,32-3+. The molecule has 1 unspecified atom stereocenters. The minimum Gasteiger partial charge on any atom is -0.457 e. The van der Waals surface area contributed by atoms with Gasteiger partial charge in [-0.1, -0.05) is 165 Å². The summed E-state index contributed by atoms with van der Waals surface area (Å²) in [5, 5.41) is 0. The average Bonchev–Trinajstić information content (AvgIpc) is 3.48. The normalized spacial score (nSPS) is 14.4. The summed E-state index contributed by atoms with van der Waals surface area (Å²) in [6, 6.07) is 53.1. The predicted octanol–water partition coefficient (Wildman–Crippen LogP) is 11.4. The minimum absolute atomic E-state index is 0.111. The molecule has 4 heteroatoms. The van der Waals surface area contributed by atoms with Gasteiger partial charge in [0.1, 0.15) is 11.5 Å². The first kappa shape index (κ1) is 30.7. The minimum atomic E-state index is -0.488. The van der Waals surface area contributed by atoms with Gasteiger partial charge in [0, 0.05) is 27.8 Å². The first-order valence-corrected chi connectivity index (χ1v) is 17.5. The topological polar surface area (TPSA) is 47.9 Å². The summed E-state index contributed by atoms with van der Waals surface area (Å²) in [5.74, 6) is 3.86. The van der Waals surface area contributed by atoms with Crippen LogP contribution in [0.1, 0.15) is 53.4 Å². The van der Waals surface area contributed by atoms with Crippen LogP contribution in [0.4, 0.5) is 0 Å². The number of aromatic nitrogens is 3. The van der Waals surface area contributed by atoms with E-state index in [9.17, 15) is 0 Å². The molecule has 4 nitrogen and oxygen atoms in total. The Kier molecular flexibility index (Phi) is 7.51. The van der Waals surface area contributed by atoms with Crippen LogP contribution in [0.15, 0.2) is 170 Å². The molecule has 51 heavy (non-hydrogen) atoms. The van der Waals surface area contributed by atoms with Gasteiger partial charge in [-0.25, -0.2) is 15.0 Å². The van der Waals surface area contributed by atoms with Crippen molar-refractivity contribution in [2.75, 3.05) is 0 Å². The lowest BCUT2D eigenvalue weighted by Crippen LogP contribution is -2.32. The van der Waals surface area contributed by atoms with Gasteiger partial charge in [-0.3, -0.25) is 0 Å². The van der Waals surface area contributed by atoms with Crippen LogP contribution in [0.2, 0.25) is 0 Å². The van der Waals surface area contributed by atoms with Crippen LogP contribution in [0.5, 0.6) is 11.5 Å². The zero-order valence-electron chi connectivity index (χ0n) is 28.5. The molecule has 0 amide bonds. The fourth-order valence-electron chi connectivity index (χ4n) is 7.75. The number of allylic oxidation sites excluding steroid dienone is 4. The van der Waals surface area contributed by atoms with Gasteiger partial charge in [-0.05, 0) is 52.8 Å². The SMILES string of the molecule is C/C=C(\C=C/C(C)c1ccc2c(c1)C1(c3ccccc3Oc3ccccc31)c1ccccc1-2)c1nc(-c2ccccc2)nc(-c2ccccc2)n1. The van der Waals surface area contributed by atoms with Crippen molar-refractivity contribution in [2.45, 2.75) is 25.2 Å². The van der Waals surface area contributed by atoms with Crippen molar-refractivity contribution in [3.63, 3.8) is 0 Å². The Morgan fingerprint density at radius 2 is 1.10 bits per heavy atom. The summed E-state index contributed by atoms with van der Waals surface area (Å²) < 4.78 is 6.53. The summed E-state index contributed by atoms with van der Waals surface area (Å²) in [4.78, 5) is 14.8. The number of hydrogen-bond acceptors (Lipinski definition) is 4. The third kappa shape index (κ3) is 5.02. The molecule has 0 saturated heterocycles. The molecule has 1 aliphatic heterocycles. The van der Waals surface area contributed by atoms with Gasteiger partial charge in [0.25, 0.3) is 0 Å². The summed E-state index contributed by atoms with van der Waals surface area (Å²) >= 11 is 0.